The van der Waals surface area contributed by atoms with Crippen LogP contribution in [0.3, 0.4) is 0 Å². The molecule has 0 amide bonds. The number of benzene rings is 1. The van der Waals surface area contributed by atoms with Gasteiger partial charge in [-0.25, -0.2) is 0 Å². The molecule has 0 saturated carbocycles. The zero-order chi connectivity index (χ0) is 18.7. The smallest absolute Gasteiger partial charge is 0.308 e. The van der Waals surface area contributed by atoms with Gasteiger partial charge >= 0.3 is 5.97 Å². The highest BCUT2D eigenvalue weighted by Crippen LogP contribution is 2.40. The van der Waals surface area contributed by atoms with Gasteiger partial charge in [-0.3, -0.25) is 4.79 Å². The van der Waals surface area contributed by atoms with Crippen LogP contribution < -0.4 is 0 Å². The van der Waals surface area contributed by atoms with Gasteiger partial charge in [0.2, 0.25) is 0 Å². The molecule has 0 aliphatic heterocycles. The number of aromatic hydroxyl groups is 1. The van der Waals surface area contributed by atoms with Crippen LogP contribution in [0, 0.1) is 5.92 Å². The Morgan fingerprint density at radius 2 is 1.54 bits per heavy atom. The van der Waals surface area contributed by atoms with E-state index in [1.165, 1.54) is 0 Å². The third kappa shape index (κ3) is 5.25. The van der Waals surface area contributed by atoms with Gasteiger partial charge in [0.1, 0.15) is 5.75 Å². The summed E-state index contributed by atoms with van der Waals surface area (Å²) in [4.78, 5) is 12.1. The Morgan fingerprint density at radius 1 is 1.08 bits per heavy atom. The molecule has 0 aromatic heterocycles. The van der Waals surface area contributed by atoms with Crippen molar-refractivity contribution in [1.82, 2.24) is 0 Å². The number of phenolic OH excluding ortho intramolecular Hbond substituents is 1. The molecule has 1 aromatic rings. The number of rotatable bonds is 5. The molecule has 136 valence electrons. The first-order valence-corrected chi connectivity index (χ1v) is 8.91. The highest BCUT2D eigenvalue weighted by atomic mass is 16.5. The molecule has 0 radical (unpaired) electrons. The molecule has 1 N–H and O–H groups in total. The normalized spacial score (nSPS) is 13.7. The van der Waals surface area contributed by atoms with Crippen molar-refractivity contribution >= 4 is 5.97 Å². The van der Waals surface area contributed by atoms with Gasteiger partial charge in [-0.15, -0.1) is 0 Å². The van der Waals surface area contributed by atoms with Crippen molar-refractivity contribution in [1.29, 1.82) is 0 Å². The lowest BCUT2D eigenvalue weighted by Gasteiger charge is -2.28. The summed E-state index contributed by atoms with van der Waals surface area (Å²) < 4.78 is 5.26. The Kier molecular flexibility index (Phi) is 6.49. The monoisotopic (exact) mass is 334 g/mol. The van der Waals surface area contributed by atoms with Crippen LogP contribution in [0.2, 0.25) is 0 Å². The first-order valence-electron chi connectivity index (χ1n) is 8.91. The first kappa shape index (κ1) is 20.5. The number of hydrogen-bond donors (Lipinski definition) is 1. The predicted molar refractivity (Wildman–Crippen MR) is 99.6 cm³/mol. The van der Waals surface area contributed by atoms with E-state index < -0.39 is 0 Å². The van der Waals surface area contributed by atoms with Crippen LogP contribution in [0.5, 0.6) is 5.75 Å². The maximum absolute atomic E-state index is 12.1. The largest absolute Gasteiger partial charge is 0.507 e. The lowest BCUT2D eigenvalue weighted by Crippen LogP contribution is -2.20. The van der Waals surface area contributed by atoms with Crippen LogP contribution in [0.25, 0.3) is 0 Å². The highest BCUT2D eigenvalue weighted by molar-refractivity contribution is 5.72. The van der Waals surface area contributed by atoms with Gasteiger partial charge in [-0.2, -0.15) is 0 Å². The lowest BCUT2D eigenvalue weighted by molar-refractivity contribution is -0.147. The van der Waals surface area contributed by atoms with Crippen LogP contribution in [-0.2, 0) is 26.8 Å². The summed E-state index contributed by atoms with van der Waals surface area (Å²) in [5.41, 5.74) is 2.61. The summed E-state index contributed by atoms with van der Waals surface area (Å²) in [6.07, 6.45) is 1.45. The molecular weight excluding hydrogens is 300 g/mol. The van der Waals surface area contributed by atoms with E-state index in [9.17, 15) is 9.90 Å². The van der Waals surface area contributed by atoms with Gasteiger partial charge in [-0.05, 0) is 40.4 Å². The Hall–Kier alpha value is -1.51. The van der Waals surface area contributed by atoms with Gasteiger partial charge < -0.3 is 9.84 Å². The topological polar surface area (TPSA) is 46.5 Å². The van der Waals surface area contributed by atoms with Crippen molar-refractivity contribution in [3.8, 4) is 5.75 Å². The highest BCUT2D eigenvalue weighted by Gasteiger charge is 2.27. The second kappa shape index (κ2) is 7.58. The van der Waals surface area contributed by atoms with Gasteiger partial charge in [-0.1, -0.05) is 67.5 Å². The number of carbonyl (C=O) groups is 1. The maximum Gasteiger partial charge on any atom is 0.308 e. The van der Waals surface area contributed by atoms with Gasteiger partial charge in [0.05, 0.1) is 12.5 Å². The Bertz CT molecular complexity index is 539. The van der Waals surface area contributed by atoms with Crippen molar-refractivity contribution in [2.45, 2.75) is 79.1 Å². The summed E-state index contributed by atoms with van der Waals surface area (Å²) in [6, 6.07) is 4.07. The van der Waals surface area contributed by atoms with Crippen LogP contribution in [0.4, 0.5) is 0 Å². The van der Waals surface area contributed by atoms with Crippen LogP contribution >= 0.6 is 0 Å². The Labute approximate surface area is 147 Å². The van der Waals surface area contributed by atoms with E-state index in [0.29, 0.717) is 18.8 Å². The number of hydrogen-bond acceptors (Lipinski definition) is 3. The first-order chi connectivity index (χ1) is 10.9. The van der Waals surface area contributed by atoms with Gasteiger partial charge in [0.15, 0.2) is 0 Å². The van der Waals surface area contributed by atoms with Crippen molar-refractivity contribution in [3.63, 3.8) is 0 Å². The molecule has 0 fully saturated rings. The van der Waals surface area contributed by atoms with Gasteiger partial charge in [0, 0.05) is 0 Å². The molecule has 0 heterocycles. The molecule has 1 aromatic carbocycles. The second-order valence-corrected chi connectivity index (χ2v) is 8.81. The molecular formula is C21H34O3. The van der Waals surface area contributed by atoms with E-state index in [1.807, 2.05) is 26.0 Å². The summed E-state index contributed by atoms with van der Waals surface area (Å²) in [6.45, 7) is 16.9. The molecule has 24 heavy (non-hydrogen) atoms. The molecule has 3 nitrogen and oxygen atoms in total. The molecule has 0 bridgehead atoms. The fourth-order valence-corrected chi connectivity index (χ4v) is 2.74. The third-order valence-corrected chi connectivity index (χ3v) is 4.18. The van der Waals surface area contributed by atoms with E-state index >= 15 is 0 Å². The minimum Gasteiger partial charge on any atom is -0.507 e. The van der Waals surface area contributed by atoms with Gasteiger partial charge in [0.25, 0.3) is 0 Å². The predicted octanol–water partition coefficient (Wildman–Crippen LogP) is 5.12. The SMILES string of the molecule is CCCOC(=O)C(C)Cc1cc(C(C)(C)C)c(O)c(C(C)(C)C)c1. The number of carbonyl (C=O) groups excluding carboxylic acids is 1. The fraction of sp³-hybridized carbons (Fsp3) is 0.667. The summed E-state index contributed by atoms with van der Waals surface area (Å²) in [5.74, 6) is 0.0289. The standard InChI is InChI=1S/C21H34O3/c1-9-10-24-19(23)14(2)11-15-12-16(20(3,4)5)18(22)17(13-15)21(6,7)8/h12-14,22H,9-11H2,1-8H3. The van der Waals surface area contributed by atoms with Crippen LogP contribution in [0.15, 0.2) is 12.1 Å². The Morgan fingerprint density at radius 3 is 1.92 bits per heavy atom. The second-order valence-electron chi connectivity index (χ2n) is 8.81. The van der Waals surface area contributed by atoms with E-state index in [-0.39, 0.29) is 22.7 Å². The molecule has 0 aliphatic rings. The molecule has 0 aliphatic carbocycles. The number of ether oxygens (including phenoxy) is 1. The lowest BCUT2D eigenvalue weighted by atomic mass is 9.77. The zero-order valence-electron chi connectivity index (χ0n) is 16.6. The van der Waals surface area contributed by atoms with Crippen molar-refractivity contribution < 1.29 is 14.6 Å². The van der Waals surface area contributed by atoms with E-state index in [0.717, 1.165) is 23.1 Å². The zero-order valence-corrected chi connectivity index (χ0v) is 16.6. The van der Waals surface area contributed by atoms with Crippen molar-refractivity contribution in [2.75, 3.05) is 6.61 Å². The van der Waals surface area contributed by atoms with Crippen LogP contribution in [-0.4, -0.2) is 17.7 Å². The van der Waals surface area contributed by atoms with Crippen LogP contribution in [0.1, 0.15) is 78.5 Å². The minimum atomic E-state index is -0.193. The molecule has 1 rings (SSSR count). The van der Waals surface area contributed by atoms with Crippen molar-refractivity contribution in [2.24, 2.45) is 5.92 Å². The summed E-state index contributed by atoms with van der Waals surface area (Å²) >= 11 is 0. The Balaban J connectivity index is 3.22. The number of esters is 1. The van der Waals surface area contributed by atoms with E-state index in [1.54, 1.807) is 0 Å². The average molecular weight is 335 g/mol. The summed E-state index contributed by atoms with van der Waals surface area (Å²) in [5, 5.41) is 10.8. The maximum atomic E-state index is 12.1. The molecule has 0 saturated heterocycles. The molecule has 0 spiro atoms. The average Bonchev–Trinajstić information content (AvgIpc) is 2.43. The molecule has 1 unspecified atom stereocenters. The number of phenols is 1. The molecule has 1 atom stereocenters. The third-order valence-electron chi connectivity index (χ3n) is 4.18. The minimum absolute atomic E-state index is 0.153. The van der Waals surface area contributed by atoms with E-state index in [4.69, 9.17) is 4.74 Å². The quantitative estimate of drug-likeness (QED) is 0.760. The van der Waals surface area contributed by atoms with Crippen molar-refractivity contribution in [3.05, 3.63) is 28.8 Å². The fourth-order valence-electron chi connectivity index (χ4n) is 2.74. The summed E-state index contributed by atoms with van der Waals surface area (Å²) in [7, 11) is 0. The van der Waals surface area contributed by atoms with E-state index in [2.05, 4.69) is 41.5 Å². The molecule has 3 heteroatoms.